The zero-order valence-corrected chi connectivity index (χ0v) is 23.2. The summed E-state index contributed by atoms with van der Waals surface area (Å²) in [6.45, 7) is 3.19. The van der Waals surface area contributed by atoms with Crippen molar-refractivity contribution >= 4 is 44.7 Å². The molecule has 1 atom stereocenters. The standard InChI is InChI=1S/C26H36N6O4S2/c1-18(27)24-9-7-21(37-24)16-30-25(34)10-8-23(33)22(15-19-11-13-32(14-12-19)26(28)29)31-38(35,36)17-20-5-3-2-4-6-20/h2-7,9,19,22,27,31H,8,10-17H2,1H3,(H3,28,29)(H,30,34)/t22-/m1/s1. The van der Waals surface area contributed by atoms with Gasteiger partial charge >= 0.3 is 0 Å². The molecule has 0 saturated carbocycles. The smallest absolute Gasteiger partial charge is 0.220 e. The van der Waals surface area contributed by atoms with Crippen LogP contribution in [-0.2, 0) is 31.9 Å². The molecule has 1 saturated heterocycles. The van der Waals surface area contributed by atoms with E-state index in [0.29, 0.717) is 50.2 Å². The highest BCUT2D eigenvalue weighted by atomic mass is 32.2. The van der Waals surface area contributed by atoms with Crippen LogP contribution in [-0.4, -0.2) is 55.8 Å². The molecule has 1 aliphatic rings. The quantitative estimate of drug-likeness (QED) is 0.186. The second kappa shape index (κ2) is 13.6. The van der Waals surface area contributed by atoms with E-state index in [9.17, 15) is 18.0 Å². The van der Waals surface area contributed by atoms with Crippen LogP contribution < -0.4 is 15.8 Å². The Morgan fingerprint density at radius 2 is 1.79 bits per heavy atom. The number of ketones is 1. The van der Waals surface area contributed by atoms with Crippen molar-refractivity contribution in [2.24, 2.45) is 11.7 Å². The molecule has 0 radical (unpaired) electrons. The number of sulfonamides is 1. The third-order valence-electron chi connectivity index (χ3n) is 6.52. The summed E-state index contributed by atoms with van der Waals surface area (Å²) in [5.41, 5.74) is 6.66. The fourth-order valence-corrected chi connectivity index (χ4v) is 6.63. The van der Waals surface area contributed by atoms with E-state index in [4.69, 9.17) is 16.6 Å². The molecular weight excluding hydrogens is 524 g/mol. The summed E-state index contributed by atoms with van der Waals surface area (Å²) in [5, 5.41) is 18.1. The Morgan fingerprint density at radius 1 is 1.11 bits per heavy atom. The minimum Gasteiger partial charge on any atom is -0.370 e. The molecule has 1 fully saturated rings. The van der Waals surface area contributed by atoms with Crippen LogP contribution in [0.5, 0.6) is 0 Å². The van der Waals surface area contributed by atoms with E-state index in [2.05, 4.69) is 10.0 Å². The van der Waals surface area contributed by atoms with E-state index in [0.717, 1.165) is 9.75 Å². The van der Waals surface area contributed by atoms with E-state index >= 15 is 0 Å². The Hall–Kier alpha value is -3.09. The lowest BCUT2D eigenvalue weighted by Gasteiger charge is -2.33. The number of thiophene rings is 1. The number of carbonyl (C=O) groups is 2. The number of rotatable bonds is 13. The Kier molecular flexibility index (Phi) is 10.6. The van der Waals surface area contributed by atoms with Gasteiger partial charge in [0, 0.05) is 41.4 Å². The number of likely N-dealkylation sites (tertiary alicyclic amines) is 1. The van der Waals surface area contributed by atoms with Gasteiger partial charge in [-0.15, -0.1) is 11.3 Å². The van der Waals surface area contributed by atoms with Crippen LogP contribution in [0.4, 0.5) is 0 Å². The van der Waals surface area contributed by atoms with E-state index in [1.165, 1.54) is 11.3 Å². The van der Waals surface area contributed by atoms with Crippen molar-refractivity contribution in [3.63, 3.8) is 0 Å². The van der Waals surface area contributed by atoms with Crippen LogP contribution >= 0.6 is 11.3 Å². The summed E-state index contributed by atoms with van der Waals surface area (Å²) in [5.74, 6) is -0.737. The molecule has 0 unspecified atom stereocenters. The average molecular weight is 561 g/mol. The molecule has 1 aliphatic heterocycles. The fraction of sp³-hybridized carbons (Fsp3) is 0.462. The van der Waals surface area contributed by atoms with Crippen LogP contribution in [0.25, 0.3) is 0 Å². The van der Waals surface area contributed by atoms with Gasteiger partial charge in [0.1, 0.15) is 0 Å². The molecule has 3 rings (SSSR count). The number of benzene rings is 1. The molecular formula is C26H36N6O4S2. The predicted molar refractivity (Wildman–Crippen MR) is 150 cm³/mol. The summed E-state index contributed by atoms with van der Waals surface area (Å²) in [4.78, 5) is 29.1. The van der Waals surface area contributed by atoms with E-state index in [1.807, 2.05) is 12.1 Å². The lowest BCUT2D eigenvalue weighted by atomic mass is 9.88. The van der Waals surface area contributed by atoms with E-state index in [-0.39, 0.29) is 42.2 Å². The molecule has 2 aromatic rings. The van der Waals surface area contributed by atoms with Gasteiger partial charge in [-0.05, 0) is 49.8 Å². The number of piperidine rings is 1. The number of guanidine groups is 1. The van der Waals surface area contributed by atoms with Crippen molar-refractivity contribution in [2.45, 2.75) is 57.4 Å². The number of Topliss-reactive ketones (excluding diaryl/α,β-unsaturated/α-hetero) is 1. The maximum absolute atomic E-state index is 13.2. The summed E-state index contributed by atoms with van der Waals surface area (Å²) in [6.07, 6.45) is 1.61. The molecule has 10 nitrogen and oxygen atoms in total. The first-order valence-corrected chi connectivity index (χ1v) is 15.1. The topological polar surface area (TPSA) is 169 Å². The molecule has 1 aromatic heterocycles. The Labute approximate surface area is 228 Å². The second-order valence-corrected chi connectivity index (χ2v) is 12.5. The average Bonchev–Trinajstić information content (AvgIpc) is 3.36. The number of hydrogen-bond acceptors (Lipinski definition) is 7. The molecule has 0 aliphatic carbocycles. The van der Waals surface area contributed by atoms with Crippen LogP contribution in [0.3, 0.4) is 0 Å². The molecule has 1 amide bonds. The number of nitrogens with two attached hydrogens (primary N) is 1. The van der Waals surface area contributed by atoms with E-state index < -0.39 is 16.1 Å². The van der Waals surface area contributed by atoms with Gasteiger partial charge in [0.15, 0.2) is 11.7 Å². The van der Waals surface area contributed by atoms with Gasteiger partial charge in [-0.3, -0.25) is 15.0 Å². The zero-order chi connectivity index (χ0) is 27.7. The minimum atomic E-state index is -3.80. The highest BCUT2D eigenvalue weighted by Gasteiger charge is 2.30. The summed E-state index contributed by atoms with van der Waals surface area (Å²) >= 11 is 1.43. The third-order valence-corrected chi connectivity index (χ3v) is 9.09. The third kappa shape index (κ3) is 9.34. The van der Waals surface area contributed by atoms with Crippen LogP contribution in [0.15, 0.2) is 42.5 Å². The van der Waals surface area contributed by atoms with Gasteiger partial charge in [0.05, 0.1) is 18.3 Å². The first-order chi connectivity index (χ1) is 18.0. The number of nitrogens with one attached hydrogen (secondary N) is 4. The molecule has 0 spiro atoms. The lowest BCUT2D eigenvalue weighted by Crippen LogP contribution is -2.46. The lowest BCUT2D eigenvalue weighted by molar-refractivity contribution is -0.126. The summed E-state index contributed by atoms with van der Waals surface area (Å²) < 4.78 is 28.5. The van der Waals surface area contributed by atoms with Gasteiger partial charge in [0.2, 0.25) is 15.9 Å². The zero-order valence-electron chi connectivity index (χ0n) is 21.5. The summed E-state index contributed by atoms with van der Waals surface area (Å²) in [6, 6.07) is 11.5. The highest BCUT2D eigenvalue weighted by molar-refractivity contribution is 7.88. The molecule has 0 bridgehead atoms. The van der Waals surface area contributed by atoms with Crippen molar-refractivity contribution in [1.82, 2.24) is 14.9 Å². The first-order valence-electron chi connectivity index (χ1n) is 12.6. The first kappa shape index (κ1) is 29.5. The normalized spacial score (nSPS) is 15.1. The number of carbonyl (C=O) groups excluding carboxylic acids is 2. The van der Waals surface area contributed by atoms with Crippen molar-refractivity contribution in [2.75, 3.05) is 13.1 Å². The molecule has 1 aromatic carbocycles. The van der Waals surface area contributed by atoms with E-state index in [1.54, 1.807) is 42.2 Å². The summed E-state index contributed by atoms with van der Waals surface area (Å²) in [7, 11) is -3.80. The maximum atomic E-state index is 13.2. The highest BCUT2D eigenvalue weighted by Crippen LogP contribution is 2.23. The van der Waals surface area contributed by atoms with Gasteiger partial charge in [0.25, 0.3) is 0 Å². The molecule has 6 N–H and O–H groups in total. The van der Waals surface area contributed by atoms with Crippen LogP contribution in [0.2, 0.25) is 0 Å². The minimum absolute atomic E-state index is 0.0115. The van der Waals surface area contributed by atoms with Crippen molar-refractivity contribution in [1.29, 1.82) is 10.8 Å². The Bertz CT molecular complexity index is 1240. The Balaban J connectivity index is 1.59. The van der Waals surface area contributed by atoms with Gasteiger partial charge in [-0.2, -0.15) is 0 Å². The Morgan fingerprint density at radius 3 is 2.39 bits per heavy atom. The monoisotopic (exact) mass is 560 g/mol. The largest absolute Gasteiger partial charge is 0.370 e. The number of nitrogens with zero attached hydrogens (tertiary/aromatic N) is 1. The van der Waals surface area contributed by atoms with Crippen molar-refractivity contribution in [3.05, 3.63) is 57.8 Å². The molecule has 38 heavy (non-hydrogen) atoms. The van der Waals surface area contributed by atoms with Crippen molar-refractivity contribution < 1.29 is 18.0 Å². The molecule has 206 valence electrons. The van der Waals surface area contributed by atoms with Gasteiger partial charge in [-0.25, -0.2) is 13.1 Å². The van der Waals surface area contributed by atoms with Crippen LogP contribution in [0, 0.1) is 16.7 Å². The van der Waals surface area contributed by atoms with Crippen molar-refractivity contribution in [3.8, 4) is 0 Å². The second-order valence-electron chi connectivity index (χ2n) is 9.60. The SMILES string of the molecule is CC(=N)c1ccc(CNC(=O)CCC(=O)[C@@H](CC2CCN(C(=N)N)CC2)NS(=O)(=O)Cc2ccccc2)s1. The van der Waals surface area contributed by atoms with Crippen LogP contribution in [0.1, 0.15) is 54.3 Å². The molecule has 12 heteroatoms. The number of amides is 1. The van der Waals surface area contributed by atoms with Gasteiger partial charge < -0.3 is 21.4 Å². The molecule has 2 heterocycles. The van der Waals surface area contributed by atoms with Gasteiger partial charge in [-0.1, -0.05) is 30.3 Å². The maximum Gasteiger partial charge on any atom is 0.220 e. The number of hydrogen-bond donors (Lipinski definition) is 5. The predicted octanol–water partition coefficient (Wildman–Crippen LogP) is 2.59. The fourth-order valence-electron chi connectivity index (χ4n) is 4.40.